The van der Waals surface area contributed by atoms with Gasteiger partial charge in [-0.2, -0.15) is 0 Å². The predicted octanol–water partition coefficient (Wildman–Crippen LogP) is 3.43. The second-order valence-corrected chi connectivity index (χ2v) is 8.04. The number of ether oxygens (including phenoxy) is 2. The fourth-order valence-corrected chi connectivity index (χ4v) is 4.18. The summed E-state index contributed by atoms with van der Waals surface area (Å²) in [6.45, 7) is 5.41. The van der Waals surface area contributed by atoms with Gasteiger partial charge in [0.2, 0.25) is 11.0 Å². The molecule has 2 heterocycles. The first-order chi connectivity index (χ1) is 12.5. The Morgan fingerprint density at radius 2 is 1.96 bits per heavy atom. The van der Waals surface area contributed by atoms with Crippen molar-refractivity contribution >= 4 is 22.4 Å². The molecule has 140 valence electrons. The number of amides is 1. The van der Waals surface area contributed by atoms with Gasteiger partial charge in [0.05, 0.1) is 12.5 Å². The summed E-state index contributed by atoms with van der Waals surface area (Å²) in [5.41, 5.74) is 0.361. The number of benzene rings is 1. The lowest BCUT2D eigenvalue weighted by atomic mass is 9.73. The van der Waals surface area contributed by atoms with Gasteiger partial charge in [0, 0.05) is 19.6 Å². The van der Waals surface area contributed by atoms with Gasteiger partial charge in [0.25, 0.3) is 0 Å². The highest BCUT2D eigenvalue weighted by Crippen LogP contribution is 2.37. The van der Waals surface area contributed by atoms with E-state index in [0.717, 1.165) is 22.7 Å². The number of hydrogen-bond donors (Lipinski definition) is 1. The molecule has 1 amide bonds. The molecule has 0 atom stereocenters. The maximum Gasteiger partial charge on any atom is 0.237 e. The second-order valence-electron chi connectivity index (χ2n) is 6.98. The van der Waals surface area contributed by atoms with Crippen LogP contribution in [0.1, 0.15) is 37.3 Å². The Bertz CT molecular complexity index is 737. The minimum atomic E-state index is -0.617. The highest BCUT2D eigenvalue weighted by Gasteiger charge is 2.42. The molecule has 26 heavy (non-hydrogen) atoms. The van der Waals surface area contributed by atoms with Crippen LogP contribution in [0.2, 0.25) is 0 Å². The minimum Gasteiger partial charge on any atom is -0.497 e. The number of rotatable bonds is 6. The zero-order chi connectivity index (χ0) is 18.6. The highest BCUT2D eigenvalue weighted by molar-refractivity contribution is 7.15. The van der Waals surface area contributed by atoms with Crippen LogP contribution in [-0.4, -0.2) is 36.4 Å². The summed E-state index contributed by atoms with van der Waals surface area (Å²) in [6, 6.07) is 7.72. The molecular formula is C19H25N3O3S. The predicted molar refractivity (Wildman–Crippen MR) is 102 cm³/mol. The van der Waals surface area contributed by atoms with Crippen molar-refractivity contribution in [2.24, 2.45) is 5.92 Å². The van der Waals surface area contributed by atoms with Gasteiger partial charge in [-0.25, -0.2) is 0 Å². The maximum absolute atomic E-state index is 13.2. The zero-order valence-electron chi connectivity index (χ0n) is 15.4. The van der Waals surface area contributed by atoms with Crippen LogP contribution in [0.5, 0.6) is 5.75 Å². The largest absolute Gasteiger partial charge is 0.497 e. The number of carbonyl (C=O) groups is 1. The lowest BCUT2D eigenvalue weighted by Crippen LogP contribution is -2.44. The van der Waals surface area contributed by atoms with E-state index in [1.54, 1.807) is 7.11 Å². The minimum absolute atomic E-state index is 0.0433. The number of hydrogen-bond acceptors (Lipinski definition) is 6. The van der Waals surface area contributed by atoms with Gasteiger partial charge in [-0.05, 0) is 36.5 Å². The molecule has 1 aromatic heterocycles. The van der Waals surface area contributed by atoms with Gasteiger partial charge in [-0.3, -0.25) is 10.1 Å². The molecule has 0 aliphatic carbocycles. The van der Waals surface area contributed by atoms with Crippen LogP contribution in [0.3, 0.4) is 0 Å². The van der Waals surface area contributed by atoms with Gasteiger partial charge >= 0.3 is 0 Å². The molecular weight excluding hydrogens is 350 g/mol. The molecule has 0 spiro atoms. The van der Waals surface area contributed by atoms with E-state index in [4.69, 9.17) is 9.47 Å². The Morgan fingerprint density at radius 3 is 2.58 bits per heavy atom. The third-order valence-corrected chi connectivity index (χ3v) is 5.55. The number of carbonyl (C=O) groups excluding carboxylic acids is 1. The third-order valence-electron chi connectivity index (χ3n) is 4.69. The molecule has 1 saturated heterocycles. The first-order valence-corrected chi connectivity index (χ1v) is 9.71. The Hall–Kier alpha value is -1.99. The fourth-order valence-electron chi connectivity index (χ4n) is 3.23. The van der Waals surface area contributed by atoms with E-state index in [-0.39, 0.29) is 5.91 Å². The highest BCUT2D eigenvalue weighted by atomic mass is 32.1. The fraction of sp³-hybridized carbons (Fsp3) is 0.526. The molecule has 1 N–H and O–H groups in total. The van der Waals surface area contributed by atoms with Crippen LogP contribution in [0, 0.1) is 5.92 Å². The lowest BCUT2D eigenvalue weighted by molar-refractivity contribution is -0.125. The average Bonchev–Trinajstić information content (AvgIpc) is 3.08. The van der Waals surface area contributed by atoms with Crippen molar-refractivity contribution in [3.05, 3.63) is 34.8 Å². The smallest absolute Gasteiger partial charge is 0.237 e. The van der Waals surface area contributed by atoms with Crippen molar-refractivity contribution in [2.75, 3.05) is 25.6 Å². The van der Waals surface area contributed by atoms with Crippen LogP contribution in [0.4, 0.5) is 5.13 Å². The Labute approximate surface area is 157 Å². The Balaban J connectivity index is 1.82. The van der Waals surface area contributed by atoms with E-state index in [9.17, 15) is 4.79 Å². The molecule has 3 rings (SSSR count). The molecule has 7 heteroatoms. The molecule has 0 unspecified atom stereocenters. The third kappa shape index (κ3) is 4.04. The van der Waals surface area contributed by atoms with E-state index in [1.807, 2.05) is 24.3 Å². The van der Waals surface area contributed by atoms with E-state index in [1.165, 1.54) is 11.3 Å². The molecule has 0 bridgehead atoms. The van der Waals surface area contributed by atoms with Crippen LogP contribution in [-0.2, 0) is 21.4 Å². The van der Waals surface area contributed by atoms with E-state index in [0.29, 0.717) is 37.1 Å². The van der Waals surface area contributed by atoms with Crippen LogP contribution in [0.25, 0.3) is 0 Å². The first-order valence-electron chi connectivity index (χ1n) is 8.89. The van der Waals surface area contributed by atoms with Crippen molar-refractivity contribution in [3.63, 3.8) is 0 Å². The molecule has 1 fully saturated rings. The standard InChI is InChI=1S/C19H25N3O3S/c1-13(2)12-16-21-22-18(26-16)20-17(23)19(8-10-25-11-9-19)14-4-6-15(24-3)7-5-14/h4-7,13H,8-12H2,1-3H3,(H,20,22,23). The van der Waals surface area contributed by atoms with E-state index < -0.39 is 5.41 Å². The summed E-state index contributed by atoms with van der Waals surface area (Å²) in [4.78, 5) is 13.2. The van der Waals surface area contributed by atoms with Crippen LogP contribution >= 0.6 is 11.3 Å². The normalized spacial score (nSPS) is 16.5. The quantitative estimate of drug-likeness (QED) is 0.837. The number of nitrogens with zero attached hydrogens (tertiary/aromatic N) is 2. The van der Waals surface area contributed by atoms with Crippen LogP contribution in [0.15, 0.2) is 24.3 Å². The monoisotopic (exact) mass is 375 g/mol. The first kappa shape index (κ1) is 18.8. The maximum atomic E-state index is 13.2. The molecule has 1 aliphatic rings. The number of aromatic nitrogens is 2. The summed E-state index contributed by atoms with van der Waals surface area (Å²) in [5, 5.41) is 12.8. The summed E-state index contributed by atoms with van der Waals surface area (Å²) >= 11 is 1.45. The molecule has 6 nitrogen and oxygen atoms in total. The SMILES string of the molecule is COc1ccc(C2(C(=O)Nc3nnc(CC(C)C)s3)CCOCC2)cc1. The van der Waals surface area contributed by atoms with Crippen molar-refractivity contribution in [3.8, 4) is 5.75 Å². The van der Waals surface area contributed by atoms with Gasteiger partial charge in [-0.15, -0.1) is 10.2 Å². The van der Waals surface area contributed by atoms with Crippen molar-refractivity contribution in [1.29, 1.82) is 0 Å². The number of anilines is 1. The Morgan fingerprint density at radius 1 is 1.27 bits per heavy atom. The average molecular weight is 375 g/mol. The van der Waals surface area contributed by atoms with Gasteiger partial charge < -0.3 is 9.47 Å². The summed E-state index contributed by atoms with van der Waals surface area (Å²) in [5.74, 6) is 1.24. The molecule has 1 aliphatic heterocycles. The molecule has 0 saturated carbocycles. The van der Waals surface area contributed by atoms with Gasteiger partial charge in [-0.1, -0.05) is 37.3 Å². The van der Waals surface area contributed by atoms with Crippen molar-refractivity contribution in [1.82, 2.24) is 10.2 Å². The van der Waals surface area contributed by atoms with Gasteiger partial charge in [0.1, 0.15) is 10.8 Å². The van der Waals surface area contributed by atoms with Crippen LogP contribution < -0.4 is 10.1 Å². The lowest BCUT2D eigenvalue weighted by Gasteiger charge is -2.36. The molecule has 0 radical (unpaired) electrons. The zero-order valence-corrected chi connectivity index (χ0v) is 16.3. The van der Waals surface area contributed by atoms with Crippen molar-refractivity contribution < 1.29 is 14.3 Å². The second kappa shape index (κ2) is 8.14. The Kier molecular flexibility index (Phi) is 5.88. The molecule has 1 aromatic carbocycles. The number of methoxy groups -OCH3 is 1. The van der Waals surface area contributed by atoms with Gasteiger partial charge in [0.15, 0.2) is 0 Å². The topological polar surface area (TPSA) is 73.3 Å². The summed E-state index contributed by atoms with van der Waals surface area (Å²) in [7, 11) is 1.64. The summed E-state index contributed by atoms with van der Waals surface area (Å²) in [6.07, 6.45) is 2.15. The number of nitrogens with one attached hydrogen (secondary N) is 1. The summed E-state index contributed by atoms with van der Waals surface area (Å²) < 4.78 is 10.7. The van der Waals surface area contributed by atoms with Crippen molar-refractivity contribution in [2.45, 2.75) is 38.5 Å². The van der Waals surface area contributed by atoms with E-state index in [2.05, 4.69) is 29.4 Å². The van der Waals surface area contributed by atoms with E-state index >= 15 is 0 Å². The molecule has 2 aromatic rings.